The minimum absolute atomic E-state index is 0.0803. The van der Waals surface area contributed by atoms with Crippen molar-refractivity contribution in [3.8, 4) is 0 Å². The first-order chi connectivity index (χ1) is 10.3. The van der Waals surface area contributed by atoms with Gasteiger partial charge < -0.3 is 5.32 Å². The van der Waals surface area contributed by atoms with Crippen LogP contribution in [0, 0.1) is 11.2 Å². The Balaban J connectivity index is 2.08. The highest BCUT2D eigenvalue weighted by molar-refractivity contribution is 9.10. The molecule has 1 N–H and O–H groups in total. The quantitative estimate of drug-likeness (QED) is 0.821. The summed E-state index contributed by atoms with van der Waals surface area (Å²) in [6, 6.07) is 4.68. The third kappa shape index (κ3) is 2.74. The van der Waals surface area contributed by atoms with Gasteiger partial charge in [0, 0.05) is 30.0 Å². The maximum Gasteiger partial charge on any atom is 0.225 e. The number of Topliss-reactive ketones (excluding diaryl/α,β-unsaturated/α-hetero) is 1. The zero-order valence-corrected chi connectivity index (χ0v) is 14.1. The predicted octanol–water partition coefficient (Wildman–Crippen LogP) is 3.83. The minimum atomic E-state index is -0.352. The lowest BCUT2D eigenvalue weighted by Gasteiger charge is -2.37. The van der Waals surface area contributed by atoms with Crippen LogP contribution in [0.25, 0.3) is 0 Å². The van der Waals surface area contributed by atoms with E-state index in [1.54, 1.807) is 12.1 Å². The van der Waals surface area contributed by atoms with Crippen molar-refractivity contribution in [3.05, 3.63) is 45.3 Å². The molecule has 1 aliphatic heterocycles. The second-order valence-corrected chi connectivity index (χ2v) is 7.67. The average molecular weight is 366 g/mol. The van der Waals surface area contributed by atoms with E-state index in [9.17, 15) is 14.0 Å². The van der Waals surface area contributed by atoms with E-state index in [-0.39, 0.29) is 35.3 Å². The summed E-state index contributed by atoms with van der Waals surface area (Å²) in [6.07, 6.45) is 1.38. The monoisotopic (exact) mass is 365 g/mol. The van der Waals surface area contributed by atoms with Crippen molar-refractivity contribution in [1.82, 2.24) is 5.32 Å². The Hall–Kier alpha value is -1.49. The summed E-state index contributed by atoms with van der Waals surface area (Å²) >= 11 is 3.17. The van der Waals surface area contributed by atoms with Gasteiger partial charge in [0.05, 0.1) is 4.47 Å². The minimum Gasteiger partial charge on any atom is -0.329 e. The molecule has 1 aromatic carbocycles. The van der Waals surface area contributed by atoms with Crippen molar-refractivity contribution in [3.63, 3.8) is 0 Å². The van der Waals surface area contributed by atoms with Gasteiger partial charge in [-0.05, 0) is 45.5 Å². The van der Waals surface area contributed by atoms with Gasteiger partial charge in [0.1, 0.15) is 5.82 Å². The molecular weight excluding hydrogens is 349 g/mol. The first-order valence-electron chi connectivity index (χ1n) is 7.28. The molecule has 0 spiro atoms. The van der Waals surface area contributed by atoms with Crippen molar-refractivity contribution >= 4 is 27.6 Å². The average Bonchev–Trinajstić information content (AvgIpc) is 2.39. The maximum absolute atomic E-state index is 13.4. The van der Waals surface area contributed by atoms with Crippen molar-refractivity contribution in [1.29, 1.82) is 0 Å². The Morgan fingerprint density at radius 1 is 1.27 bits per heavy atom. The van der Waals surface area contributed by atoms with Crippen LogP contribution in [0.5, 0.6) is 0 Å². The Morgan fingerprint density at radius 2 is 2.00 bits per heavy atom. The molecule has 0 saturated carbocycles. The van der Waals surface area contributed by atoms with Crippen LogP contribution in [-0.2, 0) is 9.59 Å². The van der Waals surface area contributed by atoms with Crippen LogP contribution in [0.4, 0.5) is 4.39 Å². The molecule has 3 rings (SSSR count). The van der Waals surface area contributed by atoms with Gasteiger partial charge in [-0.15, -0.1) is 0 Å². The maximum atomic E-state index is 13.4. The van der Waals surface area contributed by atoms with E-state index in [2.05, 4.69) is 21.2 Å². The molecule has 116 valence electrons. The van der Waals surface area contributed by atoms with E-state index in [1.165, 1.54) is 6.07 Å². The lowest BCUT2D eigenvalue weighted by atomic mass is 9.70. The number of carbonyl (C=O) groups is 2. The summed E-state index contributed by atoms with van der Waals surface area (Å²) in [6.45, 7) is 4.05. The molecule has 0 radical (unpaired) electrons. The number of hydrogen-bond donors (Lipinski definition) is 1. The Morgan fingerprint density at radius 3 is 2.68 bits per heavy atom. The molecule has 1 aromatic rings. The Labute approximate surface area is 137 Å². The second kappa shape index (κ2) is 5.30. The highest BCUT2D eigenvalue weighted by atomic mass is 79.9. The second-order valence-electron chi connectivity index (χ2n) is 6.81. The van der Waals surface area contributed by atoms with Gasteiger partial charge >= 0.3 is 0 Å². The van der Waals surface area contributed by atoms with Gasteiger partial charge in [-0.1, -0.05) is 19.9 Å². The predicted molar refractivity (Wildman–Crippen MR) is 84.6 cm³/mol. The topological polar surface area (TPSA) is 46.2 Å². The number of ketones is 1. The molecule has 1 amide bonds. The zero-order valence-electron chi connectivity index (χ0n) is 12.5. The van der Waals surface area contributed by atoms with Crippen LogP contribution >= 0.6 is 15.9 Å². The summed E-state index contributed by atoms with van der Waals surface area (Å²) in [5, 5.41) is 2.86. The zero-order chi connectivity index (χ0) is 16.1. The fourth-order valence-corrected chi connectivity index (χ4v) is 3.77. The van der Waals surface area contributed by atoms with Crippen LogP contribution < -0.4 is 5.32 Å². The summed E-state index contributed by atoms with van der Waals surface area (Å²) in [5.74, 6) is -0.648. The smallest absolute Gasteiger partial charge is 0.225 e. The number of halogens is 2. The molecule has 0 unspecified atom stereocenters. The SMILES string of the molecule is CC1(C)CC(=O)C2=C(C1)NC(=O)C[C@H]2c1ccc(F)c(Br)c1. The van der Waals surface area contributed by atoms with E-state index >= 15 is 0 Å². The number of rotatable bonds is 1. The van der Waals surface area contributed by atoms with Gasteiger partial charge in [-0.3, -0.25) is 9.59 Å². The summed E-state index contributed by atoms with van der Waals surface area (Å²) < 4.78 is 13.8. The van der Waals surface area contributed by atoms with Crippen LogP contribution in [-0.4, -0.2) is 11.7 Å². The van der Waals surface area contributed by atoms with Gasteiger partial charge in [0.25, 0.3) is 0 Å². The van der Waals surface area contributed by atoms with Crippen LogP contribution in [0.2, 0.25) is 0 Å². The van der Waals surface area contributed by atoms with Crippen molar-refractivity contribution < 1.29 is 14.0 Å². The molecule has 3 nitrogen and oxygen atoms in total. The summed E-state index contributed by atoms with van der Waals surface area (Å²) in [4.78, 5) is 24.6. The fourth-order valence-electron chi connectivity index (χ4n) is 3.37. The Bertz CT molecular complexity index is 709. The van der Waals surface area contributed by atoms with E-state index in [1.807, 2.05) is 13.8 Å². The van der Waals surface area contributed by atoms with Crippen molar-refractivity contribution in [2.24, 2.45) is 5.41 Å². The lowest BCUT2D eigenvalue weighted by molar-refractivity contribution is -0.122. The van der Waals surface area contributed by atoms with E-state index in [0.717, 1.165) is 11.3 Å². The van der Waals surface area contributed by atoms with Gasteiger partial charge in [0.15, 0.2) is 5.78 Å². The lowest BCUT2D eigenvalue weighted by Crippen LogP contribution is -2.40. The fraction of sp³-hybridized carbons (Fsp3) is 0.412. The molecule has 0 saturated heterocycles. The van der Waals surface area contributed by atoms with E-state index < -0.39 is 0 Å². The van der Waals surface area contributed by atoms with E-state index in [0.29, 0.717) is 22.9 Å². The van der Waals surface area contributed by atoms with Crippen molar-refractivity contribution in [2.45, 2.75) is 39.0 Å². The molecule has 1 atom stereocenters. The first kappa shape index (κ1) is 15.4. The summed E-state index contributed by atoms with van der Waals surface area (Å²) in [5.41, 5.74) is 2.08. The normalized spacial score (nSPS) is 24.1. The van der Waals surface area contributed by atoms with Crippen LogP contribution in [0.3, 0.4) is 0 Å². The van der Waals surface area contributed by atoms with Gasteiger partial charge in [0.2, 0.25) is 5.91 Å². The number of hydrogen-bond acceptors (Lipinski definition) is 2. The molecule has 1 heterocycles. The molecule has 5 heteroatoms. The van der Waals surface area contributed by atoms with E-state index in [4.69, 9.17) is 0 Å². The highest BCUT2D eigenvalue weighted by Crippen LogP contribution is 2.44. The molecule has 0 fully saturated rings. The van der Waals surface area contributed by atoms with Crippen LogP contribution in [0.1, 0.15) is 44.6 Å². The molecule has 22 heavy (non-hydrogen) atoms. The standard InChI is InChI=1S/C17H17BrFNO2/c1-17(2)7-13-16(14(21)8-17)10(6-15(22)20-13)9-3-4-12(19)11(18)5-9/h3-5,10H,6-8H2,1-2H3,(H,20,22)/t10-/m0/s1. The van der Waals surface area contributed by atoms with Crippen LogP contribution in [0.15, 0.2) is 33.9 Å². The number of nitrogens with one attached hydrogen (secondary N) is 1. The molecule has 0 bridgehead atoms. The number of carbonyl (C=O) groups excluding carboxylic acids is 2. The third-order valence-corrected chi connectivity index (χ3v) is 4.90. The number of amides is 1. The molecule has 0 aromatic heterocycles. The number of allylic oxidation sites excluding steroid dienone is 2. The van der Waals surface area contributed by atoms with Crippen molar-refractivity contribution in [2.75, 3.05) is 0 Å². The first-order valence-corrected chi connectivity index (χ1v) is 8.07. The molecular formula is C17H17BrFNO2. The summed E-state index contributed by atoms with van der Waals surface area (Å²) in [7, 11) is 0. The highest BCUT2D eigenvalue weighted by Gasteiger charge is 2.40. The van der Waals surface area contributed by atoms with Gasteiger partial charge in [-0.2, -0.15) is 0 Å². The number of benzene rings is 1. The molecule has 2 aliphatic rings. The Kier molecular flexibility index (Phi) is 3.71. The largest absolute Gasteiger partial charge is 0.329 e. The third-order valence-electron chi connectivity index (χ3n) is 4.29. The van der Waals surface area contributed by atoms with Gasteiger partial charge in [-0.25, -0.2) is 4.39 Å². The molecule has 1 aliphatic carbocycles.